The predicted molar refractivity (Wildman–Crippen MR) is 75.3 cm³/mol. The molecule has 1 rings (SSSR count). The van der Waals surface area contributed by atoms with E-state index in [0.717, 1.165) is 23.3 Å². The number of aryl methyl sites for hydroxylation is 2. The third kappa shape index (κ3) is 5.30. The maximum absolute atomic E-state index is 11.6. The van der Waals surface area contributed by atoms with Crippen LogP contribution in [-0.2, 0) is 4.79 Å². The van der Waals surface area contributed by atoms with E-state index in [1.807, 2.05) is 39.0 Å². The average Bonchev–Trinajstić information content (AvgIpc) is 2.40. The Hall–Kier alpha value is -1.55. The first kappa shape index (κ1) is 15.5. The van der Waals surface area contributed by atoms with Gasteiger partial charge in [0.05, 0.1) is 25.7 Å². The predicted octanol–water partition coefficient (Wildman–Crippen LogP) is 1.96. The van der Waals surface area contributed by atoms with Crippen molar-refractivity contribution < 1.29 is 14.6 Å². The molecule has 1 atom stereocenters. The van der Waals surface area contributed by atoms with E-state index in [0.29, 0.717) is 13.0 Å². The number of hydrogen-bond donors (Lipinski definition) is 2. The molecule has 1 aromatic carbocycles. The van der Waals surface area contributed by atoms with Crippen LogP contribution in [0.1, 0.15) is 30.9 Å². The summed E-state index contributed by atoms with van der Waals surface area (Å²) in [6.45, 7) is 6.23. The Morgan fingerprint density at radius 2 is 2.16 bits per heavy atom. The van der Waals surface area contributed by atoms with Crippen molar-refractivity contribution in [3.63, 3.8) is 0 Å². The fourth-order valence-corrected chi connectivity index (χ4v) is 1.69. The summed E-state index contributed by atoms with van der Waals surface area (Å²) in [4.78, 5) is 11.6. The largest absolute Gasteiger partial charge is 0.493 e. The molecule has 1 aromatic rings. The number of aliphatic hydroxyl groups excluding tert-OH is 1. The Kier molecular flexibility index (Phi) is 6.36. The molecule has 2 N–H and O–H groups in total. The lowest BCUT2D eigenvalue weighted by Crippen LogP contribution is -2.37. The number of rotatable bonds is 7. The molecular formula is C15H23NO3. The Morgan fingerprint density at radius 1 is 1.42 bits per heavy atom. The lowest BCUT2D eigenvalue weighted by atomic mass is 10.1. The van der Waals surface area contributed by atoms with Gasteiger partial charge >= 0.3 is 0 Å². The first-order valence-corrected chi connectivity index (χ1v) is 6.67. The summed E-state index contributed by atoms with van der Waals surface area (Å²) in [7, 11) is 0. The number of benzene rings is 1. The van der Waals surface area contributed by atoms with Crippen LogP contribution in [-0.4, -0.2) is 30.3 Å². The van der Waals surface area contributed by atoms with E-state index >= 15 is 0 Å². The molecule has 1 amide bonds. The van der Waals surface area contributed by atoms with Crippen LogP contribution in [0.5, 0.6) is 5.75 Å². The van der Waals surface area contributed by atoms with Crippen LogP contribution < -0.4 is 10.1 Å². The summed E-state index contributed by atoms with van der Waals surface area (Å²) in [5, 5.41) is 11.8. The number of nitrogens with one attached hydrogen (secondary N) is 1. The third-order valence-electron chi connectivity index (χ3n) is 3.01. The van der Waals surface area contributed by atoms with Gasteiger partial charge in [0.2, 0.25) is 5.91 Å². The van der Waals surface area contributed by atoms with Crippen LogP contribution in [0.3, 0.4) is 0 Å². The molecule has 0 fully saturated rings. The van der Waals surface area contributed by atoms with Gasteiger partial charge in [-0.3, -0.25) is 4.79 Å². The van der Waals surface area contributed by atoms with Crippen LogP contribution in [0.25, 0.3) is 0 Å². The van der Waals surface area contributed by atoms with Gasteiger partial charge in [0, 0.05) is 0 Å². The molecular weight excluding hydrogens is 242 g/mol. The Morgan fingerprint density at radius 3 is 2.79 bits per heavy atom. The van der Waals surface area contributed by atoms with Crippen molar-refractivity contribution >= 4 is 5.91 Å². The van der Waals surface area contributed by atoms with E-state index in [2.05, 4.69) is 5.32 Å². The number of hydrogen-bond acceptors (Lipinski definition) is 3. The Bertz CT molecular complexity index is 414. The second-order valence-electron chi connectivity index (χ2n) is 4.72. The monoisotopic (exact) mass is 265 g/mol. The van der Waals surface area contributed by atoms with Crippen LogP contribution in [0.15, 0.2) is 18.2 Å². The van der Waals surface area contributed by atoms with Gasteiger partial charge in [-0.1, -0.05) is 19.1 Å². The van der Waals surface area contributed by atoms with Crippen molar-refractivity contribution in [2.24, 2.45) is 0 Å². The highest BCUT2D eigenvalue weighted by Gasteiger charge is 2.09. The second kappa shape index (κ2) is 7.79. The summed E-state index contributed by atoms with van der Waals surface area (Å²) in [6.07, 6.45) is 1.02. The van der Waals surface area contributed by atoms with Gasteiger partial charge < -0.3 is 15.2 Å². The first-order valence-electron chi connectivity index (χ1n) is 6.67. The summed E-state index contributed by atoms with van der Waals surface area (Å²) < 4.78 is 5.61. The molecule has 0 unspecified atom stereocenters. The minimum atomic E-state index is -0.159. The molecule has 4 nitrogen and oxygen atoms in total. The molecule has 0 aliphatic carbocycles. The quantitative estimate of drug-likeness (QED) is 0.792. The summed E-state index contributed by atoms with van der Waals surface area (Å²) in [5.74, 6) is 0.730. The van der Waals surface area contributed by atoms with Gasteiger partial charge in [0.1, 0.15) is 5.75 Å². The van der Waals surface area contributed by atoms with Gasteiger partial charge in [-0.05, 0) is 37.5 Å². The average molecular weight is 265 g/mol. The van der Waals surface area contributed by atoms with E-state index < -0.39 is 0 Å². The highest BCUT2D eigenvalue weighted by molar-refractivity contribution is 5.76. The number of aliphatic hydroxyl groups is 1. The standard InChI is InChI=1S/C15H23NO3/c1-4-13(10-17)16-15(18)7-8-19-14-9-11(2)5-6-12(14)3/h5-6,9,13,17H,4,7-8,10H2,1-3H3,(H,16,18)/t13-/m0/s1. The molecule has 0 aliphatic rings. The summed E-state index contributed by atoms with van der Waals surface area (Å²) in [6, 6.07) is 5.84. The number of amides is 1. The zero-order valence-corrected chi connectivity index (χ0v) is 11.9. The van der Waals surface area contributed by atoms with E-state index in [4.69, 9.17) is 9.84 Å². The molecule has 0 spiro atoms. The summed E-state index contributed by atoms with van der Waals surface area (Å²) in [5.41, 5.74) is 2.20. The second-order valence-corrected chi connectivity index (χ2v) is 4.72. The van der Waals surface area contributed by atoms with Crippen molar-refractivity contribution in [1.29, 1.82) is 0 Å². The van der Waals surface area contributed by atoms with Crippen LogP contribution >= 0.6 is 0 Å². The first-order chi connectivity index (χ1) is 9.06. The smallest absolute Gasteiger partial charge is 0.223 e. The molecule has 106 valence electrons. The van der Waals surface area contributed by atoms with E-state index in [-0.39, 0.29) is 18.6 Å². The van der Waals surface area contributed by atoms with Crippen LogP contribution in [0.4, 0.5) is 0 Å². The van der Waals surface area contributed by atoms with Crippen molar-refractivity contribution in [2.75, 3.05) is 13.2 Å². The molecule has 4 heteroatoms. The highest BCUT2D eigenvalue weighted by Crippen LogP contribution is 2.19. The molecule has 19 heavy (non-hydrogen) atoms. The minimum Gasteiger partial charge on any atom is -0.493 e. The molecule has 0 saturated carbocycles. The lowest BCUT2D eigenvalue weighted by molar-refractivity contribution is -0.122. The van der Waals surface area contributed by atoms with Gasteiger partial charge in [-0.25, -0.2) is 0 Å². The fraction of sp³-hybridized carbons (Fsp3) is 0.533. The van der Waals surface area contributed by atoms with Crippen molar-refractivity contribution in [3.05, 3.63) is 29.3 Å². The zero-order valence-electron chi connectivity index (χ0n) is 11.9. The lowest BCUT2D eigenvalue weighted by Gasteiger charge is -2.14. The van der Waals surface area contributed by atoms with Crippen LogP contribution in [0, 0.1) is 13.8 Å². The maximum atomic E-state index is 11.6. The highest BCUT2D eigenvalue weighted by atomic mass is 16.5. The molecule has 0 heterocycles. The summed E-state index contributed by atoms with van der Waals surface area (Å²) >= 11 is 0. The van der Waals surface area contributed by atoms with Crippen molar-refractivity contribution in [3.8, 4) is 5.75 Å². The SMILES string of the molecule is CC[C@@H](CO)NC(=O)CCOc1cc(C)ccc1C. The molecule has 0 aliphatic heterocycles. The van der Waals surface area contributed by atoms with Gasteiger partial charge in [-0.2, -0.15) is 0 Å². The van der Waals surface area contributed by atoms with Crippen molar-refractivity contribution in [2.45, 2.75) is 39.7 Å². The van der Waals surface area contributed by atoms with Crippen LogP contribution in [0.2, 0.25) is 0 Å². The topological polar surface area (TPSA) is 58.6 Å². The molecule has 0 saturated heterocycles. The number of carbonyl (C=O) groups excluding carboxylic acids is 1. The minimum absolute atomic E-state index is 0.0277. The Balaban J connectivity index is 2.37. The van der Waals surface area contributed by atoms with Gasteiger partial charge in [0.25, 0.3) is 0 Å². The fourth-order valence-electron chi connectivity index (χ4n) is 1.69. The number of ether oxygens (including phenoxy) is 1. The third-order valence-corrected chi connectivity index (χ3v) is 3.01. The van der Waals surface area contributed by atoms with E-state index in [9.17, 15) is 4.79 Å². The van der Waals surface area contributed by atoms with Crippen molar-refractivity contribution in [1.82, 2.24) is 5.32 Å². The molecule has 0 bridgehead atoms. The maximum Gasteiger partial charge on any atom is 0.223 e. The number of carbonyl (C=O) groups is 1. The Labute approximate surface area is 114 Å². The van der Waals surface area contributed by atoms with E-state index in [1.54, 1.807) is 0 Å². The normalized spacial score (nSPS) is 12.0. The molecule has 0 radical (unpaired) electrons. The van der Waals surface area contributed by atoms with Gasteiger partial charge in [-0.15, -0.1) is 0 Å². The molecule has 0 aromatic heterocycles. The van der Waals surface area contributed by atoms with Gasteiger partial charge in [0.15, 0.2) is 0 Å². The van der Waals surface area contributed by atoms with E-state index in [1.165, 1.54) is 0 Å². The zero-order chi connectivity index (χ0) is 14.3.